The van der Waals surface area contributed by atoms with Crippen LogP contribution in [0.4, 0.5) is 23.1 Å². The molecule has 0 spiro atoms. The van der Waals surface area contributed by atoms with Crippen LogP contribution in [0.15, 0.2) is 36.5 Å². The standard InChI is InChI=1S/C14H16N6OS/c1-15-14-17-10-7-8-16-12(10)13(18-14)20-11-6-4-3-5-9(11)19-22(20,2)21/h3-8,16,19,21H,1-2H3,(H,15,17,18). The number of nitrogens with zero attached hydrogens (tertiary/aromatic N) is 3. The Hall–Kier alpha value is -2.45. The Bertz CT molecular complexity index is 861. The molecule has 0 bridgehead atoms. The summed E-state index contributed by atoms with van der Waals surface area (Å²) in [6.45, 7) is 0. The van der Waals surface area contributed by atoms with Crippen LogP contribution in [-0.4, -0.2) is 32.8 Å². The summed E-state index contributed by atoms with van der Waals surface area (Å²) in [4.78, 5) is 12.1. The van der Waals surface area contributed by atoms with Gasteiger partial charge in [-0.05, 0) is 18.2 Å². The number of hydrogen-bond acceptors (Lipinski definition) is 6. The number of nitrogens with one attached hydrogen (secondary N) is 3. The van der Waals surface area contributed by atoms with E-state index in [-0.39, 0.29) is 0 Å². The Labute approximate surface area is 129 Å². The van der Waals surface area contributed by atoms with Crippen molar-refractivity contribution >= 4 is 44.9 Å². The first-order chi connectivity index (χ1) is 10.6. The highest BCUT2D eigenvalue weighted by Gasteiger charge is 2.37. The molecule has 7 nitrogen and oxygen atoms in total. The molecule has 0 saturated carbocycles. The van der Waals surface area contributed by atoms with E-state index >= 15 is 0 Å². The van der Waals surface area contributed by atoms with E-state index in [1.807, 2.05) is 40.8 Å². The number of rotatable bonds is 2. The Balaban J connectivity index is 2.00. The monoisotopic (exact) mass is 316 g/mol. The number of aromatic amines is 1. The van der Waals surface area contributed by atoms with Crippen LogP contribution < -0.4 is 14.3 Å². The topological polar surface area (TPSA) is 89.1 Å². The molecule has 0 fully saturated rings. The first-order valence-corrected chi connectivity index (χ1v) is 8.76. The van der Waals surface area contributed by atoms with Gasteiger partial charge in [0.25, 0.3) is 0 Å². The van der Waals surface area contributed by atoms with Gasteiger partial charge in [0, 0.05) is 30.2 Å². The van der Waals surface area contributed by atoms with Gasteiger partial charge < -0.3 is 19.6 Å². The lowest BCUT2D eigenvalue weighted by Crippen LogP contribution is -2.22. The zero-order valence-corrected chi connectivity index (χ0v) is 13.0. The fourth-order valence-corrected chi connectivity index (χ4v) is 4.34. The fourth-order valence-electron chi connectivity index (χ4n) is 2.65. The molecule has 0 amide bonds. The molecule has 1 unspecified atom stereocenters. The van der Waals surface area contributed by atoms with Gasteiger partial charge >= 0.3 is 0 Å². The number of hydrogen-bond donors (Lipinski definition) is 4. The predicted octanol–water partition coefficient (Wildman–Crippen LogP) is 3.30. The number of H-pyrrole nitrogens is 1. The second-order valence-corrected chi connectivity index (χ2v) is 7.34. The van der Waals surface area contributed by atoms with Crippen LogP contribution in [-0.2, 0) is 0 Å². The van der Waals surface area contributed by atoms with Crippen molar-refractivity contribution in [3.63, 3.8) is 0 Å². The molecule has 1 aliphatic heterocycles. The smallest absolute Gasteiger partial charge is 0.225 e. The fraction of sp³-hybridized carbons (Fsp3) is 0.143. The van der Waals surface area contributed by atoms with E-state index in [9.17, 15) is 4.55 Å². The average molecular weight is 316 g/mol. The van der Waals surface area contributed by atoms with Gasteiger partial charge in [-0.3, -0.25) is 0 Å². The number of fused-ring (bicyclic) bond motifs is 2. The van der Waals surface area contributed by atoms with E-state index in [2.05, 4.69) is 25.0 Å². The van der Waals surface area contributed by atoms with Gasteiger partial charge in [-0.2, -0.15) is 4.98 Å². The van der Waals surface area contributed by atoms with E-state index in [0.717, 1.165) is 22.4 Å². The molecule has 4 rings (SSSR count). The van der Waals surface area contributed by atoms with Gasteiger partial charge in [-0.25, -0.2) is 9.29 Å². The van der Waals surface area contributed by atoms with Crippen molar-refractivity contribution in [2.45, 2.75) is 0 Å². The van der Waals surface area contributed by atoms with E-state index in [0.29, 0.717) is 11.8 Å². The maximum absolute atomic E-state index is 10.9. The lowest BCUT2D eigenvalue weighted by atomic mass is 10.2. The molecule has 8 heteroatoms. The van der Waals surface area contributed by atoms with E-state index < -0.39 is 10.7 Å². The molecule has 0 aliphatic carbocycles. The molecule has 3 aromatic rings. The first-order valence-electron chi connectivity index (χ1n) is 6.81. The quantitative estimate of drug-likeness (QED) is 0.580. The molecule has 0 radical (unpaired) electrons. The Morgan fingerprint density at radius 1 is 1.23 bits per heavy atom. The number of anilines is 4. The van der Waals surface area contributed by atoms with E-state index in [1.165, 1.54) is 0 Å². The van der Waals surface area contributed by atoms with Crippen LogP contribution in [0.25, 0.3) is 11.0 Å². The highest BCUT2D eigenvalue weighted by molar-refractivity contribution is 8.31. The van der Waals surface area contributed by atoms with Crippen LogP contribution in [0, 0.1) is 0 Å². The third kappa shape index (κ3) is 1.81. The molecule has 0 saturated heterocycles. The van der Waals surface area contributed by atoms with Crippen molar-refractivity contribution in [1.82, 2.24) is 15.0 Å². The minimum Gasteiger partial charge on any atom is -0.357 e. The summed E-state index contributed by atoms with van der Waals surface area (Å²) >= 11 is 0. The zero-order chi connectivity index (χ0) is 15.3. The first kappa shape index (κ1) is 13.2. The third-order valence-electron chi connectivity index (χ3n) is 3.58. The van der Waals surface area contributed by atoms with Crippen molar-refractivity contribution in [2.75, 3.05) is 27.6 Å². The summed E-state index contributed by atoms with van der Waals surface area (Å²) in [7, 11) is -0.472. The molecule has 1 aromatic carbocycles. The van der Waals surface area contributed by atoms with Crippen molar-refractivity contribution in [1.29, 1.82) is 0 Å². The van der Waals surface area contributed by atoms with Crippen LogP contribution in [0.1, 0.15) is 0 Å². The van der Waals surface area contributed by atoms with Gasteiger partial charge in [0.2, 0.25) is 5.95 Å². The molecule has 3 heterocycles. The molecular formula is C14H16N6OS. The second-order valence-electron chi connectivity index (χ2n) is 5.11. The van der Waals surface area contributed by atoms with Crippen molar-refractivity contribution in [3.8, 4) is 0 Å². The summed E-state index contributed by atoms with van der Waals surface area (Å²) in [5.41, 5.74) is 3.39. The van der Waals surface area contributed by atoms with Crippen molar-refractivity contribution in [3.05, 3.63) is 36.5 Å². The highest BCUT2D eigenvalue weighted by atomic mass is 32.3. The maximum atomic E-state index is 10.9. The van der Waals surface area contributed by atoms with E-state index in [1.54, 1.807) is 13.3 Å². The van der Waals surface area contributed by atoms with Gasteiger partial charge in [0.05, 0.1) is 16.9 Å². The Morgan fingerprint density at radius 2 is 2.05 bits per heavy atom. The SMILES string of the molecule is CNc1nc(N2c3ccccc3NS2(C)O)c2[nH]ccc2n1. The lowest BCUT2D eigenvalue weighted by Gasteiger charge is -2.35. The molecule has 22 heavy (non-hydrogen) atoms. The highest BCUT2D eigenvalue weighted by Crippen LogP contribution is 2.59. The number of para-hydroxylation sites is 2. The van der Waals surface area contributed by atoms with Gasteiger partial charge in [0.1, 0.15) is 5.52 Å². The molecule has 2 aromatic heterocycles. The molecule has 114 valence electrons. The van der Waals surface area contributed by atoms with Crippen LogP contribution >= 0.6 is 10.7 Å². The number of benzene rings is 1. The molecule has 1 aliphatic rings. The normalized spacial score (nSPS) is 23.0. The van der Waals surface area contributed by atoms with Gasteiger partial charge in [-0.1, -0.05) is 12.1 Å². The van der Waals surface area contributed by atoms with Crippen molar-refractivity contribution in [2.24, 2.45) is 0 Å². The summed E-state index contributed by atoms with van der Waals surface area (Å²) in [6, 6.07) is 9.69. The largest absolute Gasteiger partial charge is 0.357 e. The second kappa shape index (κ2) is 4.52. The maximum Gasteiger partial charge on any atom is 0.225 e. The minimum atomic E-state index is -2.25. The van der Waals surface area contributed by atoms with Crippen molar-refractivity contribution < 1.29 is 4.55 Å². The average Bonchev–Trinajstić information content (AvgIpc) is 3.06. The Kier molecular flexibility index (Phi) is 2.72. The summed E-state index contributed by atoms with van der Waals surface area (Å²) in [6.07, 6.45) is 3.60. The van der Waals surface area contributed by atoms with Crippen LogP contribution in [0.2, 0.25) is 0 Å². The third-order valence-corrected chi connectivity index (χ3v) is 5.27. The molecule has 1 atom stereocenters. The number of aromatic nitrogens is 3. The lowest BCUT2D eigenvalue weighted by molar-refractivity contribution is 0.638. The summed E-state index contributed by atoms with van der Waals surface area (Å²) < 4.78 is 15.9. The van der Waals surface area contributed by atoms with Crippen LogP contribution in [0.5, 0.6) is 0 Å². The Morgan fingerprint density at radius 3 is 2.86 bits per heavy atom. The summed E-state index contributed by atoms with van der Waals surface area (Å²) in [5, 5.41) is 2.97. The van der Waals surface area contributed by atoms with E-state index in [4.69, 9.17) is 0 Å². The molecular weight excluding hydrogens is 300 g/mol. The molecule has 4 N–H and O–H groups in total. The van der Waals surface area contributed by atoms with Gasteiger partial charge in [-0.15, -0.1) is 0 Å². The van der Waals surface area contributed by atoms with Gasteiger partial charge in [0.15, 0.2) is 5.82 Å². The minimum absolute atomic E-state index is 0.515. The van der Waals surface area contributed by atoms with Crippen LogP contribution in [0.3, 0.4) is 0 Å². The predicted molar refractivity (Wildman–Crippen MR) is 91.8 cm³/mol. The zero-order valence-electron chi connectivity index (χ0n) is 12.2. The summed E-state index contributed by atoms with van der Waals surface area (Å²) in [5.74, 6) is 1.17.